The topological polar surface area (TPSA) is 41.1 Å². The van der Waals surface area contributed by atoms with Crippen LogP contribution in [0.15, 0.2) is 24.3 Å². The van der Waals surface area contributed by atoms with Gasteiger partial charge in [0.2, 0.25) is 5.91 Å². The van der Waals surface area contributed by atoms with E-state index in [0.717, 1.165) is 31.4 Å². The zero-order valence-corrected chi connectivity index (χ0v) is 11.7. The van der Waals surface area contributed by atoms with Crippen molar-refractivity contribution in [2.45, 2.75) is 44.2 Å². The second-order valence-corrected chi connectivity index (χ2v) is 6.09. The molecule has 1 amide bonds. The number of nitrogens with one attached hydrogen (secondary N) is 2. The summed E-state index contributed by atoms with van der Waals surface area (Å²) in [7, 11) is 0. The molecule has 0 radical (unpaired) electrons. The number of carbonyl (C=O) groups excluding carboxylic acids is 1. The zero-order chi connectivity index (χ0) is 14.1. The van der Waals surface area contributed by atoms with Crippen molar-refractivity contribution in [2.75, 3.05) is 6.54 Å². The van der Waals surface area contributed by atoms with Gasteiger partial charge in [-0.15, -0.1) is 0 Å². The normalized spacial score (nSPS) is 32.7. The smallest absolute Gasteiger partial charge is 0.223 e. The highest BCUT2D eigenvalue weighted by molar-refractivity contribution is 5.79. The molecule has 0 bridgehead atoms. The van der Waals surface area contributed by atoms with Crippen LogP contribution in [0.4, 0.5) is 4.39 Å². The largest absolute Gasteiger partial charge is 0.352 e. The Balaban J connectivity index is 1.54. The molecular weight excluding hydrogens is 255 g/mol. The van der Waals surface area contributed by atoms with Gasteiger partial charge < -0.3 is 10.6 Å². The molecule has 4 heteroatoms. The number of hydrogen-bond donors (Lipinski definition) is 2. The van der Waals surface area contributed by atoms with Crippen LogP contribution in [-0.4, -0.2) is 24.5 Å². The Hall–Kier alpha value is -1.42. The molecule has 1 aliphatic heterocycles. The summed E-state index contributed by atoms with van der Waals surface area (Å²) in [6, 6.07) is 7.30. The van der Waals surface area contributed by atoms with E-state index in [1.165, 1.54) is 6.07 Å². The number of benzene rings is 1. The van der Waals surface area contributed by atoms with Crippen LogP contribution in [0, 0.1) is 11.7 Å². The fraction of sp³-hybridized carbons (Fsp3) is 0.562. The van der Waals surface area contributed by atoms with Gasteiger partial charge in [0, 0.05) is 23.9 Å². The number of halogens is 1. The monoisotopic (exact) mass is 276 g/mol. The molecule has 20 heavy (non-hydrogen) atoms. The van der Waals surface area contributed by atoms with Gasteiger partial charge in [0.05, 0.1) is 0 Å². The lowest BCUT2D eigenvalue weighted by molar-refractivity contribution is -0.126. The van der Waals surface area contributed by atoms with Crippen LogP contribution in [0.1, 0.15) is 37.7 Å². The van der Waals surface area contributed by atoms with E-state index in [-0.39, 0.29) is 29.6 Å². The molecule has 1 saturated carbocycles. The molecule has 108 valence electrons. The van der Waals surface area contributed by atoms with Crippen LogP contribution >= 0.6 is 0 Å². The van der Waals surface area contributed by atoms with E-state index in [9.17, 15) is 9.18 Å². The van der Waals surface area contributed by atoms with Gasteiger partial charge in [-0.1, -0.05) is 12.1 Å². The molecule has 2 N–H and O–H groups in total. The molecule has 0 aromatic heterocycles. The Morgan fingerprint density at radius 2 is 2.25 bits per heavy atom. The van der Waals surface area contributed by atoms with Crippen molar-refractivity contribution in [3.8, 4) is 0 Å². The summed E-state index contributed by atoms with van der Waals surface area (Å²) in [5, 5.41) is 6.48. The Kier molecular flexibility index (Phi) is 3.74. The third kappa shape index (κ3) is 3.01. The van der Waals surface area contributed by atoms with Gasteiger partial charge in [0.1, 0.15) is 5.82 Å². The molecule has 1 aromatic carbocycles. The Labute approximate surface area is 118 Å². The molecule has 0 spiro atoms. The van der Waals surface area contributed by atoms with Crippen molar-refractivity contribution in [1.29, 1.82) is 0 Å². The minimum atomic E-state index is -0.202. The van der Waals surface area contributed by atoms with E-state index in [1.54, 1.807) is 12.1 Å². The second kappa shape index (κ2) is 5.52. The second-order valence-electron chi connectivity index (χ2n) is 6.09. The molecule has 3 rings (SSSR count). The van der Waals surface area contributed by atoms with Crippen LogP contribution in [0.25, 0.3) is 0 Å². The first kappa shape index (κ1) is 13.6. The van der Waals surface area contributed by atoms with Gasteiger partial charge in [-0.2, -0.15) is 0 Å². The van der Waals surface area contributed by atoms with E-state index in [4.69, 9.17) is 0 Å². The van der Waals surface area contributed by atoms with Crippen LogP contribution in [0.5, 0.6) is 0 Å². The SMILES string of the molecule is C[C@H]1C[C@@H](C(=O)NC2CC2c2cccc(F)c2)CCN1. The van der Waals surface area contributed by atoms with Crippen molar-refractivity contribution >= 4 is 5.91 Å². The summed E-state index contributed by atoms with van der Waals surface area (Å²) in [5.74, 6) is 0.378. The Morgan fingerprint density at radius 3 is 3.00 bits per heavy atom. The fourth-order valence-corrected chi connectivity index (χ4v) is 3.13. The number of hydrogen-bond acceptors (Lipinski definition) is 2. The fourth-order valence-electron chi connectivity index (χ4n) is 3.13. The highest BCUT2D eigenvalue weighted by Crippen LogP contribution is 2.41. The van der Waals surface area contributed by atoms with Crippen LogP contribution < -0.4 is 10.6 Å². The van der Waals surface area contributed by atoms with E-state index in [2.05, 4.69) is 17.6 Å². The molecule has 3 nitrogen and oxygen atoms in total. The predicted octanol–water partition coefficient (Wildman–Crippen LogP) is 2.19. The summed E-state index contributed by atoms with van der Waals surface area (Å²) in [6.45, 7) is 3.03. The minimum Gasteiger partial charge on any atom is -0.352 e. The van der Waals surface area contributed by atoms with Crippen molar-refractivity contribution in [3.63, 3.8) is 0 Å². The van der Waals surface area contributed by atoms with Crippen molar-refractivity contribution in [3.05, 3.63) is 35.6 Å². The first-order valence-electron chi connectivity index (χ1n) is 7.42. The first-order valence-corrected chi connectivity index (χ1v) is 7.42. The maximum absolute atomic E-state index is 13.2. The van der Waals surface area contributed by atoms with E-state index in [0.29, 0.717) is 6.04 Å². The van der Waals surface area contributed by atoms with Gasteiger partial charge in [-0.05, 0) is 50.4 Å². The number of rotatable bonds is 3. The van der Waals surface area contributed by atoms with Gasteiger partial charge >= 0.3 is 0 Å². The van der Waals surface area contributed by atoms with Crippen molar-refractivity contribution < 1.29 is 9.18 Å². The van der Waals surface area contributed by atoms with E-state index >= 15 is 0 Å². The zero-order valence-electron chi connectivity index (χ0n) is 11.7. The molecule has 1 aromatic rings. The summed E-state index contributed by atoms with van der Waals surface area (Å²) < 4.78 is 13.2. The molecule has 1 heterocycles. The van der Waals surface area contributed by atoms with Crippen molar-refractivity contribution in [2.24, 2.45) is 5.92 Å². The molecule has 1 aliphatic carbocycles. The van der Waals surface area contributed by atoms with Crippen molar-refractivity contribution in [1.82, 2.24) is 10.6 Å². The van der Waals surface area contributed by atoms with Gasteiger partial charge in [-0.3, -0.25) is 4.79 Å². The molecule has 2 unspecified atom stereocenters. The van der Waals surface area contributed by atoms with Gasteiger partial charge in [0.25, 0.3) is 0 Å². The standard InChI is InChI=1S/C16H21FN2O/c1-10-7-12(5-6-18-10)16(20)19-15-9-14(15)11-3-2-4-13(17)8-11/h2-4,8,10,12,14-15,18H,5-7,9H2,1H3,(H,19,20)/t10-,12-,14?,15?/m0/s1. The molecule has 1 saturated heterocycles. The summed E-state index contributed by atoms with van der Waals surface area (Å²) in [5.41, 5.74) is 0.994. The third-order valence-corrected chi connectivity index (χ3v) is 4.39. The Morgan fingerprint density at radius 1 is 1.40 bits per heavy atom. The lowest BCUT2D eigenvalue weighted by Crippen LogP contribution is -2.43. The summed E-state index contributed by atoms with van der Waals surface area (Å²) in [4.78, 5) is 12.2. The maximum Gasteiger partial charge on any atom is 0.223 e. The highest BCUT2D eigenvalue weighted by Gasteiger charge is 2.40. The van der Waals surface area contributed by atoms with Gasteiger partial charge in [0.15, 0.2) is 0 Å². The van der Waals surface area contributed by atoms with Crippen LogP contribution in [0.2, 0.25) is 0 Å². The summed E-state index contributed by atoms with van der Waals surface area (Å²) >= 11 is 0. The molecule has 4 atom stereocenters. The number of carbonyl (C=O) groups is 1. The van der Waals surface area contributed by atoms with E-state index in [1.807, 2.05) is 6.07 Å². The van der Waals surface area contributed by atoms with E-state index < -0.39 is 0 Å². The lowest BCUT2D eigenvalue weighted by atomic mass is 9.92. The predicted molar refractivity (Wildman–Crippen MR) is 75.9 cm³/mol. The summed E-state index contributed by atoms with van der Waals surface area (Å²) in [6.07, 6.45) is 2.74. The number of amides is 1. The lowest BCUT2D eigenvalue weighted by Gasteiger charge is -2.27. The quantitative estimate of drug-likeness (QED) is 0.888. The van der Waals surface area contributed by atoms with Crippen LogP contribution in [0.3, 0.4) is 0 Å². The molecular formula is C16H21FN2O. The molecule has 2 aliphatic rings. The average molecular weight is 276 g/mol. The number of piperidine rings is 1. The molecule has 2 fully saturated rings. The minimum absolute atomic E-state index is 0.125. The average Bonchev–Trinajstić information content (AvgIpc) is 3.18. The maximum atomic E-state index is 13.2. The Bertz CT molecular complexity index is 505. The third-order valence-electron chi connectivity index (χ3n) is 4.39. The first-order chi connectivity index (χ1) is 9.63. The highest BCUT2D eigenvalue weighted by atomic mass is 19.1. The van der Waals surface area contributed by atoms with Gasteiger partial charge in [-0.25, -0.2) is 4.39 Å². The van der Waals surface area contributed by atoms with Crippen LogP contribution in [-0.2, 0) is 4.79 Å².